The number of aromatic nitrogens is 4. The molecule has 1 aliphatic rings. The first-order valence-corrected chi connectivity index (χ1v) is 11.3. The van der Waals surface area contributed by atoms with Gasteiger partial charge in [0.2, 0.25) is 5.95 Å². The van der Waals surface area contributed by atoms with Gasteiger partial charge in [0.1, 0.15) is 0 Å². The second-order valence-electron chi connectivity index (χ2n) is 8.73. The number of rotatable bonds is 6. The Balaban J connectivity index is 1.61. The number of halogens is 3. The van der Waals surface area contributed by atoms with Gasteiger partial charge in [-0.05, 0) is 47.5 Å². The Hall–Kier alpha value is -4.94. The first-order chi connectivity index (χ1) is 18.1. The quantitative estimate of drug-likeness (QED) is 0.372. The normalized spacial score (nSPS) is 12.6. The zero-order chi connectivity index (χ0) is 27.1. The van der Waals surface area contributed by atoms with Crippen LogP contribution >= 0.6 is 0 Å². The third-order valence-corrected chi connectivity index (χ3v) is 6.11. The smallest absolute Gasteiger partial charge is 0.337 e. The summed E-state index contributed by atoms with van der Waals surface area (Å²) in [7, 11) is 1.65. The van der Waals surface area contributed by atoms with Crippen LogP contribution in [0.1, 0.15) is 27.0 Å². The lowest BCUT2D eigenvalue weighted by molar-refractivity contribution is 0.0816. The fourth-order valence-corrected chi connectivity index (χ4v) is 4.21. The molecule has 0 saturated heterocycles. The zero-order valence-electron chi connectivity index (χ0n) is 19.8. The molecule has 194 valence electrons. The average Bonchev–Trinajstić information content (AvgIpc) is 3.16. The highest BCUT2D eigenvalue weighted by atomic mass is 19.2. The number of fused-ring (bicyclic) bond motifs is 1. The van der Waals surface area contributed by atoms with E-state index in [0.29, 0.717) is 27.9 Å². The van der Waals surface area contributed by atoms with Crippen LogP contribution < -0.4 is 22.3 Å². The van der Waals surface area contributed by atoms with E-state index in [-0.39, 0.29) is 23.0 Å². The van der Waals surface area contributed by atoms with Crippen LogP contribution in [-0.2, 0) is 19.6 Å². The molecule has 38 heavy (non-hydrogen) atoms. The van der Waals surface area contributed by atoms with Crippen molar-refractivity contribution in [1.82, 2.24) is 24.0 Å². The van der Waals surface area contributed by atoms with Gasteiger partial charge in [0.15, 0.2) is 17.5 Å². The summed E-state index contributed by atoms with van der Waals surface area (Å²) in [5.41, 5.74) is -0.848. The summed E-state index contributed by atoms with van der Waals surface area (Å²) >= 11 is 0. The molecule has 2 aromatic heterocycles. The van der Waals surface area contributed by atoms with Gasteiger partial charge in [0.25, 0.3) is 11.5 Å². The van der Waals surface area contributed by atoms with Crippen LogP contribution in [0.4, 0.5) is 24.8 Å². The van der Waals surface area contributed by atoms with Gasteiger partial charge in [-0.15, -0.1) is 0 Å². The highest BCUT2D eigenvalue weighted by molar-refractivity contribution is 5.98. The average molecular weight is 524 g/mol. The van der Waals surface area contributed by atoms with Crippen molar-refractivity contribution in [1.29, 1.82) is 0 Å². The number of hydrogen-bond acceptors (Lipinski definition) is 6. The molecule has 0 bridgehead atoms. The number of pyridine rings is 1. The third-order valence-electron chi connectivity index (χ3n) is 6.11. The van der Waals surface area contributed by atoms with Crippen molar-refractivity contribution >= 4 is 17.5 Å². The number of H-pyrrole nitrogens is 1. The first-order valence-electron chi connectivity index (χ1n) is 11.3. The number of carbonyl (C=O) groups excluding carboxylic acids is 1. The molecule has 0 unspecified atom stereocenters. The van der Waals surface area contributed by atoms with Crippen LogP contribution in [0, 0.1) is 17.5 Å². The van der Waals surface area contributed by atoms with E-state index in [2.05, 4.69) is 15.3 Å². The monoisotopic (exact) mass is 524 g/mol. The van der Waals surface area contributed by atoms with Crippen LogP contribution in [0.5, 0.6) is 0 Å². The Labute approximate surface area is 211 Å². The maximum Gasteiger partial charge on any atom is 0.355 e. The highest BCUT2D eigenvalue weighted by Gasteiger charge is 2.25. The summed E-state index contributed by atoms with van der Waals surface area (Å²) in [4.78, 5) is 58.5. The molecule has 0 spiro atoms. The molecule has 0 aliphatic carbocycles. The molecule has 2 aromatic carbocycles. The third kappa shape index (κ3) is 4.49. The molecule has 0 atom stereocenters. The van der Waals surface area contributed by atoms with E-state index in [9.17, 15) is 32.3 Å². The van der Waals surface area contributed by atoms with Crippen molar-refractivity contribution in [2.45, 2.75) is 19.6 Å². The van der Waals surface area contributed by atoms with E-state index >= 15 is 0 Å². The summed E-state index contributed by atoms with van der Waals surface area (Å²) in [5.74, 6) is -4.98. The van der Waals surface area contributed by atoms with Crippen LogP contribution in [0.25, 0.3) is 0 Å². The highest BCUT2D eigenvalue weighted by Crippen LogP contribution is 2.26. The molecule has 5 rings (SSSR count). The Morgan fingerprint density at radius 3 is 2.42 bits per heavy atom. The molecule has 13 heteroatoms. The minimum Gasteiger partial charge on any atom is -0.337 e. The van der Waals surface area contributed by atoms with Gasteiger partial charge in [0, 0.05) is 36.6 Å². The van der Waals surface area contributed by atoms with E-state index in [4.69, 9.17) is 0 Å². The van der Waals surface area contributed by atoms with Gasteiger partial charge in [-0.3, -0.25) is 14.2 Å². The topological polar surface area (TPSA) is 122 Å². The Bertz CT molecular complexity index is 1760. The Morgan fingerprint density at radius 1 is 0.974 bits per heavy atom. The SMILES string of the molecule is CN1Cc2cc(Nc3nc(=O)n(Cc4ccc[nH]c4=O)c(=O)n3Cc3cc(F)c(F)c(F)c3)ccc2C1=O. The van der Waals surface area contributed by atoms with Crippen LogP contribution in [0.15, 0.2) is 63.0 Å². The largest absolute Gasteiger partial charge is 0.355 e. The lowest BCUT2D eigenvalue weighted by atomic mass is 10.1. The van der Waals surface area contributed by atoms with E-state index in [0.717, 1.165) is 16.7 Å². The van der Waals surface area contributed by atoms with E-state index in [1.165, 1.54) is 23.2 Å². The number of aromatic amines is 1. The second kappa shape index (κ2) is 9.50. The lowest BCUT2D eigenvalue weighted by Gasteiger charge is -2.16. The minimum absolute atomic E-state index is 0.104. The number of anilines is 2. The fourth-order valence-electron chi connectivity index (χ4n) is 4.21. The molecular formula is C25H19F3N6O4. The summed E-state index contributed by atoms with van der Waals surface area (Å²) in [6.45, 7) is -0.550. The van der Waals surface area contributed by atoms with Crippen molar-refractivity contribution < 1.29 is 18.0 Å². The van der Waals surface area contributed by atoms with Crippen LogP contribution in [0.3, 0.4) is 0 Å². The molecule has 1 aliphatic heterocycles. The molecular weight excluding hydrogens is 505 g/mol. The predicted molar refractivity (Wildman–Crippen MR) is 130 cm³/mol. The molecule has 10 nitrogen and oxygen atoms in total. The van der Waals surface area contributed by atoms with Crippen molar-refractivity contribution in [3.63, 3.8) is 0 Å². The standard InChI is InChI=1S/C25H19F3N6O4/c1-32-11-15-9-16(4-5-17(15)22(32)36)30-23-31-24(37)34(12-14-3-2-6-29-21(14)35)25(38)33(23)10-13-7-18(26)20(28)19(27)8-13/h2-9H,10-12H2,1H3,(H,29,35)(H,30,31,37). The molecule has 3 heterocycles. The molecule has 1 amide bonds. The van der Waals surface area contributed by atoms with Crippen molar-refractivity contribution in [3.05, 3.63) is 120 Å². The number of benzene rings is 2. The Kier molecular flexibility index (Phi) is 6.18. The molecule has 0 radical (unpaired) electrons. The second-order valence-corrected chi connectivity index (χ2v) is 8.73. The summed E-state index contributed by atoms with van der Waals surface area (Å²) in [6.07, 6.45) is 1.39. The van der Waals surface area contributed by atoms with E-state index in [1.807, 2.05) is 0 Å². The molecule has 2 N–H and O–H groups in total. The van der Waals surface area contributed by atoms with Crippen molar-refractivity contribution in [3.8, 4) is 0 Å². The predicted octanol–water partition coefficient (Wildman–Crippen LogP) is 1.94. The minimum atomic E-state index is -1.66. The van der Waals surface area contributed by atoms with Crippen molar-refractivity contribution in [2.24, 2.45) is 0 Å². The van der Waals surface area contributed by atoms with Gasteiger partial charge in [-0.2, -0.15) is 4.98 Å². The van der Waals surface area contributed by atoms with Crippen LogP contribution in [-0.4, -0.2) is 37.0 Å². The zero-order valence-corrected chi connectivity index (χ0v) is 19.8. The lowest BCUT2D eigenvalue weighted by Crippen LogP contribution is -2.43. The summed E-state index contributed by atoms with van der Waals surface area (Å²) in [5, 5.41) is 2.86. The van der Waals surface area contributed by atoms with Gasteiger partial charge in [0.05, 0.1) is 13.1 Å². The molecule has 4 aromatic rings. The number of nitrogens with zero attached hydrogens (tertiary/aromatic N) is 4. The summed E-state index contributed by atoms with van der Waals surface area (Å²) in [6, 6.07) is 9.18. The molecule has 0 saturated carbocycles. The number of carbonyl (C=O) groups is 1. The van der Waals surface area contributed by atoms with E-state index < -0.39 is 47.5 Å². The van der Waals surface area contributed by atoms with E-state index in [1.54, 1.807) is 25.2 Å². The number of amides is 1. The molecule has 0 fully saturated rings. The fraction of sp³-hybridized carbons (Fsp3) is 0.160. The maximum absolute atomic E-state index is 13.9. The van der Waals surface area contributed by atoms with Gasteiger partial charge in [-0.1, -0.05) is 6.07 Å². The summed E-state index contributed by atoms with van der Waals surface area (Å²) < 4.78 is 42.9. The van der Waals surface area contributed by atoms with Gasteiger partial charge < -0.3 is 15.2 Å². The van der Waals surface area contributed by atoms with Crippen molar-refractivity contribution in [2.75, 3.05) is 12.4 Å². The first kappa shape index (κ1) is 24.7. The van der Waals surface area contributed by atoms with Gasteiger partial charge >= 0.3 is 11.4 Å². The maximum atomic E-state index is 13.9. The van der Waals surface area contributed by atoms with Crippen LogP contribution in [0.2, 0.25) is 0 Å². The number of hydrogen-bond donors (Lipinski definition) is 2. The Morgan fingerprint density at radius 2 is 1.71 bits per heavy atom. The number of nitrogens with one attached hydrogen (secondary N) is 2. The van der Waals surface area contributed by atoms with Gasteiger partial charge in [-0.25, -0.2) is 27.3 Å².